The molecule has 1 N–H and O–H groups in total. The van der Waals surface area contributed by atoms with E-state index in [9.17, 15) is 19.7 Å². The normalized spacial score (nSPS) is 10.4. The summed E-state index contributed by atoms with van der Waals surface area (Å²) >= 11 is 0. The van der Waals surface area contributed by atoms with Crippen molar-refractivity contribution >= 4 is 23.3 Å². The number of nitrogens with zero attached hydrogens (tertiary/aromatic N) is 1. The molecule has 1 amide bonds. The van der Waals surface area contributed by atoms with Crippen LogP contribution in [0.1, 0.15) is 29.8 Å². The highest BCUT2D eigenvalue weighted by molar-refractivity contribution is 5.96. The van der Waals surface area contributed by atoms with Gasteiger partial charge < -0.3 is 19.5 Å². The van der Waals surface area contributed by atoms with Crippen LogP contribution in [0.15, 0.2) is 36.4 Å². The van der Waals surface area contributed by atoms with Gasteiger partial charge in [-0.25, -0.2) is 4.79 Å². The Labute approximate surface area is 174 Å². The Hall–Kier alpha value is -3.62. The fourth-order valence-electron chi connectivity index (χ4n) is 2.46. The summed E-state index contributed by atoms with van der Waals surface area (Å²) in [5, 5.41) is 13.6. The van der Waals surface area contributed by atoms with E-state index < -0.39 is 23.4 Å². The minimum Gasteiger partial charge on any atom is -0.493 e. The van der Waals surface area contributed by atoms with Crippen LogP contribution in [0.4, 0.5) is 11.4 Å². The second-order valence-electron chi connectivity index (χ2n) is 6.95. The summed E-state index contributed by atoms with van der Waals surface area (Å²) in [5.41, 5.74) is 0.873. The number of carbonyl (C=O) groups is 2. The summed E-state index contributed by atoms with van der Waals surface area (Å²) in [6.45, 7) is 5.73. The molecule has 0 bridgehead atoms. The number of hydrogen-bond donors (Lipinski definition) is 1. The Morgan fingerprint density at radius 3 is 2.40 bits per heavy atom. The number of nitro groups is 1. The van der Waals surface area contributed by atoms with Crippen LogP contribution in [0.3, 0.4) is 0 Å². The number of esters is 1. The second-order valence-corrected chi connectivity index (χ2v) is 6.95. The molecule has 0 atom stereocenters. The molecule has 2 rings (SSSR count). The number of carbonyl (C=O) groups excluding carboxylic acids is 2. The highest BCUT2D eigenvalue weighted by Gasteiger charge is 2.19. The Morgan fingerprint density at radius 1 is 1.17 bits per heavy atom. The summed E-state index contributed by atoms with van der Waals surface area (Å²) in [6.07, 6.45) is 0. The van der Waals surface area contributed by atoms with Gasteiger partial charge in [0.05, 0.1) is 24.2 Å². The third kappa shape index (κ3) is 6.20. The largest absolute Gasteiger partial charge is 0.493 e. The number of amides is 1. The van der Waals surface area contributed by atoms with Crippen LogP contribution in [0, 0.1) is 23.0 Å². The minimum absolute atomic E-state index is 0.0117. The van der Waals surface area contributed by atoms with Crippen LogP contribution in [0.5, 0.6) is 11.5 Å². The molecule has 0 aliphatic carbocycles. The standard InChI is InChI=1S/C21H24N2O7/c1-13(2)11-29-16-7-5-15(6-8-16)21(25)30-12-20(24)22-17-10-19(28-4)18(23(26)27)9-14(17)3/h5-10,13H,11-12H2,1-4H3,(H,22,24). The molecule has 0 aliphatic rings. The first-order chi connectivity index (χ1) is 14.2. The lowest BCUT2D eigenvalue weighted by molar-refractivity contribution is -0.385. The van der Waals surface area contributed by atoms with Crippen LogP contribution in [-0.2, 0) is 9.53 Å². The van der Waals surface area contributed by atoms with E-state index in [4.69, 9.17) is 14.2 Å². The number of rotatable bonds is 9. The maximum absolute atomic E-state index is 12.1. The maximum Gasteiger partial charge on any atom is 0.338 e. The van der Waals surface area contributed by atoms with Crippen molar-refractivity contribution in [2.24, 2.45) is 5.92 Å². The van der Waals surface area contributed by atoms with Gasteiger partial charge in [0.25, 0.3) is 5.91 Å². The highest BCUT2D eigenvalue weighted by atomic mass is 16.6. The number of nitrogens with one attached hydrogen (secondary N) is 1. The molecule has 0 unspecified atom stereocenters. The number of aryl methyl sites for hydroxylation is 1. The fourth-order valence-corrected chi connectivity index (χ4v) is 2.46. The lowest BCUT2D eigenvalue weighted by Gasteiger charge is -2.11. The van der Waals surface area contributed by atoms with E-state index in [0.29, 0.717) is 29.5 Å². The lowest BCUT2D eigenvalue weighted by Crippen LogP contribution is -2.21. The minimum atomic E-state index is -0.654. The molecule has 9 heteroatoms. The maximum atomic E-state index is 12.1. The van der Waals surface area contributed by atoms with Gasteiger partial charge >= 0.3 is 11.7 Å². The Bertz CT molecular complexity index is 924. The molecule has 2 aromatic carbocycles. The van der Waals surface area contributed by atoms with Gasteiger partial charge in [0.2, 0.25) is 0 Å². The molecular formula is C21H24N2O7. The zero-order valence-electron chi connectivity index (χ0n) is 17.3. The number of methoxy groups -OCH3 is 1. The first-order valence-corrected chi connectivity index (χ1v) is 9.24. The van der Waals surface area contributed by atoms with Gasteiger partial charge in [0, 0.05) is 17.8 Å². The van der Waals surface area contributed by atoms with Gasteiger partial charge in [-0.15, -0.1) is 0 Å². The third-order valence-corrected chi connectivity index (χ3v) is 4.00. The van der Waals surface area contributed by atoms with E-state index >= 15 is 0 Å². The Balaban J connectivity index is 1.94. The van der Waals surface area contributed by atoms with Gasteiger partial charge in [0.1, 0.15) is 5.75 Å². The molecule has 0 heterocycles. The van der Waals surface area contributed by atoms with Crippen LogP contribution in [-0.4, -0.2) is 37.1 Å². The summed E-state index contributed by atoms with van der Waals surface area (Å²) in [5.74, 6) is -0.205. The zero-order valence-corrected chi connectivity index (χ0v) is 17.3. The van der Waals surface area contributed by atoms with Crippen molar-refractivity contribution < 1.29 is 28.7 Å². The lowest BCUT2D eigenvalue weighted by atomic mass is 10.1. The summed E-state index contributed by atoms with van der Waals surface area (Å²) in [6, 6.07) is 9.08. The van der Waals surface area contributed by atoms with Gasteiger partial charge in [0.15, 0.2) is 12.4 Å². The van der Waals surface area contributed by atoms with Crippen molar-refractivity contribution in [1.29, 1.82) is 0 Å². The summed E-state index contributed by atoms with van der Waals surface area (Å²) < 4.78 is 15.6. The highest BCUT2D eigenvalue weighted by Crippen LogP contribution is 2.32. The monoisotopic (exact) mass is 416 g/mol. The average Bonchev–Trinajstić information content (AvgIpc) is 2.71. The molecule has 0 saturated heterocycles. The average molecular weight is 416 g/mol. The fraction of sp³-hybridized carbons (Fsp3) is 0.333. The number of benzene rings is 2. The molecule has 0 spiro atoms. The second kappa shape index (κ2) is 10.2. The van der Waals surface area contributed by atoms with E-state index in [1.54, 1.807) is 31.2 Å². The number of ether oxygens (including phenoxy) is 3. The van der Waals surface area contributed by atoms with Gasteiger partial charge in [-0.05, 0) is 42.7 Å². The first-order valence-electron chi connectivity index (χ1n) is 9.24. The predicted octanol–water partition coefficient (Wildman–Crippen LogP) is 3.74. The molecular weight excluding hydrogens is 392 g/mol. The molecule has 0 fully saturated rings. The molecule has 0 saturated carbocycles. The number of hydrogen-bond acceptors (Lipinski definition) is 7. The quantitative estimate of drug-likeness (QED) is 0.376. The van der Waals surface area contributed by atoms with E-state index in [1.165, 1.54) is 19.2 Å². The molecule has 0 aliphatic heterocycles. The first kappa shape index (κ1) is 22.7. The zero-order chi connectivity index (χ0) is 22.3. The Morgan fingerprint density at radius 2 is 1.83 bits per heavy atom. The predicted molar refractivity (Wildman–Crippen MR) is 110 cm³/mol. The SMILES string of the molecule is COc1cc(NC(=O)COC(=O)c2ccc(OCC(C)C)cc2)c(C)cc1[N+](=O)[O-]. The van der Waals surface area contributed by atoms with Gasteiger partial charge in [-0.2, -0.15) is 0 Å². The van der Waals surface area contributed by atoms with Crippen molar-refractivity contribution in [2.75, 3.05) is 25.6 Å². The van der Waals surface area contributed by atoms with E-state index in [1.807, 2.05) is 13.8 Å². The van der Waals surface area contributed by atoms with Crippen LogP contribution < -0.4 is 14.8 Å². The Kier molecular flexibility index (Phi) is 7.74. The summed E-state index contributed by atoms with van der Waals surface area (Å²) in [7, 11) is 1.30. The van der Waals surface area contributed by atoms with Crippen molar-refractivity contribution in [1.82, 2.24) is 0 Å². The molecule has 0 aromatic heterocycles. The third-order valence-electron chi connectivity index (χ3n) is 4.00. The van der Waals surface area contributed by atoms with Crippen molar-refractivity contribution in [3.63, 3.8) is 0 Å². The molecule has 9 nitrogen and oxygen atoms in total. The molecule has 0 radical (unpaired) electrons. The van der Waals surface area contributed by atoms with E-state index in [-0.39, 0.29) is 17.0 Å². The van der Waals surface area contributed by atoms with Gasteiger partial charge in [-0.1, -0.05) is 13.8 Å². The smallest absolute Gasteiger partial charge is 0.338 e. The molecule has 30 heavy (non-hydrogen) atoms. The van der Waals surface area contributed by atoms with Crippen molar-refractivity contribution in [2.45, 2.75) is 20.8 Å². The van der Waals surface area contributed by atoms with Crippen LogP contribution in [0.2, 0.25) is 0 Å². The van der Waals surface area contributed by atoms with Crippen LogP contribution >= 0.6 is 0 Å². The van der Waals surface area contributed by atoms with Crippen molar-refractivity contribution in [3.8, 4) is 11.5 Å². The topological polar surface area (TPSA) is 117 Å². The molecule has 2 aromatic rings. The number of anilines is 1. The van der Waals surface area contributed by atoms with Gasteiger partial charge in [-0.3, -0.25) is 14.9 Å². The van der Waals surface area contributed by atoms with Crippen molar-refractivity contribution in [3.05, 3.63) is 57.6 Å². The number of nitro benzene ring substituents is 1. The van der Waals surface area contributed by atoms with Crippen LogP contribution in [0.25, 0.3) is 0 Å². The summed E-state index contributed by atoms with van der Waals surface area (Å²) in [4.78, 5) is 34.7. The van der Waals surface area contributed by atoms with E-state index in [2.05, 4.69) is 5.32 Å². The van der Waals surface area contributed by atoms with E-state index in [0.717, 1.165) is 0 Å². The molecule has 160 valence electrons.